The quantitative estimate of drug-likeness (QED) is 0.845. The molecule has 2 rings (SSSR count). The summed E-state index contributed by atoms with van der Waals surface area (Å²) in [6, 6.07) is 7.88. The molecule has 2 N–H and O–H groups in total. The predicted molar refractivity (Wildman–Crippen MR) is 84.5 cm³/mol. The number of piperidine rings is 1. The lowest BCUT2D eigenvalue weighted by Gasteiger charge is -2.34. The molecule has 1 aromatic rings. The largest absolute Gasteiger partial charge is 0.493 e. The SMILES string of the molecule is Cc1cccc(OCCC(=O)NCC2(C)CCCNC2)c1. The molecule has 0 aliphatic carbocycles. The minimum Gasteiger partial charge on any atom is -0.493 e. The Balaban J connectivity index is 1.65. The molecule has 0 radical (unpaired) electrons. The van der Waals surface area contributed by atoms with Crippen LogP contribution in [0.5, 0.6) is 5.75 Å². The summed E-state index contributed by atoms with van der Waals surface area (Å²) >= 11 is 0. The highest BCUT2D eigenvalue weighted by atomic mass is 16.5. The van der Waals surface area contributed by atoms with Gasteiger partial charge in [0.25, 0.3) is 0 Å². The third-order valence-electron chi connectivity index (χ3n) is 3.99. The van der Waals surface area contributed by atoms with Crippen molar-refractivity contribution in [1.29, 1.82) is 0 Å². The Bertz CT molecular complexity index is 468. The number of ether oxygens (including phenoxy) is 1. The Morgan fingerprint density at radius 3 is 3.05 bits per heavy atom. The molecule has 1 unspecified atom stereocenters. The number of carbonyl (C=O) groups excluding carboxylic acids is 1. The highest BCUT2D eigenvalue weighted by Crippen LogP contribution is 2.24. The van der Waals surface area contributed by atoms with E-state index in [1.54, 1.807) is 0 Å². The lowest BCUT2D eigenvalue weighted by Crippen LogP contribution is -2.45. The van der Waals surface area contributed by atoms with Crippen molar-refractivity contribution in [3.63, 3.8) is 0 Å². The van der Waals surface area contributed by atoms with Crippen molar-refractivity contribution < 1.29 is 9.53 Å². The van der Waals surface area contributed by atoms with E-state index in [2.05, 4.69) is 17.6 Å². The molecule has 1 aromatic carbocycles. The number of rotatable bonds is 6. The van der Waals surface area contributed by atoms with Crippen LogP contribution in [0.1, 0.15) is 31.7 Å². The molecule has 116 valence electrons. The van der Waals surface area contributed by atoms with Crippen molar-refractivity contribution >= 4 is 5.91 Å². The number of nitrogens with one attached hydrogen (secondary N) is 2. The van der Waals surface area contributed by atoms with Gasteiger partial charge in [-0.2, -0.15) is 0 Å². The maximum absolute atomic E-state index is 11.9. The number of benzene rings is 1. The molecule has 1 amide bonds. The molecule has 0 spiro atoms. The summed E-state index contributed by atoms with van der Waals surface area (Å²) in [4.78, 5) is 11.9. The summed E-state index contributed by atoms with van der Waals surface area (Å²) < 4.78 is 5.60. The first-order valence-corrected chi connectivity index (χ1v) is 7.74. The average Bonchev–Trinajstić information content (AvgIpc) is 2.46. The summed E-state index contributed by atoms with van der Waals surface area (Å²) in [7, 11) is 0. The third kappa shape index (κ3) is 5.38. The molecule has 4 heteroatoms. The predicted octanol–water partition coefficient (Wildman–Crippen LogP) is 2.27. The molecular formula is C17H26N2O2. The van der Waals surface area contributed by atoms with Gasteiger partial charge in [-0.05, 0) is 49.4 Å². The van der Waals surface area contributed by atoms with Gasteiger partial charge in [-0.1, -0.05) is 19.1 Å². The molecule has 0 saturated carbocycles. The number of hydrogen-bond acceptors (Lipinski definition) is 3. The first-order chi connectivity index (χ1) is 10.1. The van der Waals surface area contributed by atoms with Gasteiger partial charge in [0.15, 0.2) is 0 Å². The van der Waals surface area contributed by atoms with Crippen LogP contribution in [0.25, 0.3) is 0 Å². The van der Waals surface area contributed by atoms with Gasteiger partial charge in [-0.25, -0.2) is 0 Å². The number of hydrogen-bond donors (Lipinski definition) is 2. The minimum absolute atomic E-state index is 0.0643. The molecule has 1 aliphatic heterocycles. The highest BCUT2D eigenvalue weighted by molar-refractivity contribution is 5.76. The number of amides is 1. The average molecular weight is 290 g/mol. The van der Waals surface area contributed by atoms with Crippen LogP contribution < -0.4 is 15.4 Å². The molecular weight excluding hydrogens is 264 g/mol. The van der Waals surface area contributed by atoms with Gasteiger partial charge >= 0.3 is 0 Å². The van der Waals surface area contributed by atoms with Crippen molar-refractivity contribution in [2.75, 3.05) is 26.2 Å². The molecule has 1 fully saturated rings. The first kappa shape index (κ1) is 15.8. The van der Waals surface area contributed by atoms with E-state index in [4.69, 9.17) is 4.74 Å². The fourth-order valence-corrected chi connectivity index (χ4v) is 2.64. The Morgan fingerprint density at radius 1 is 1.48 bits per heavy atom. The van der Waals surface area contributed by atoms with Gasteiger partial charge in [0.1, 0.15) is 5.75 Å². The highest BCUT2D eigenvalue weighted by Gasteiger charge is 2.26. The van der Waals surface area contributed by atoms with Crippen LogP contribution in [0.4, 0.5) is 0 Å². The second-order valence-electron chi connectivity index (χ2n) is 6.28. The van der Waals surface area contributed by atoms with Crippen molar-refractivity contribution in [2.45, 2.75) is 33.1 Å². The third-order valence-corrected chi connectivity index (χ3v) is 3.99. The van der Waals surface area contributed by atoms with E-state index < -0.39 is 0 Å². The van der Waals surface area contributed by atoms with E-state index in [0.29, 0.717) is 13.0 Å². The van der Waals surface area contributed by atoms with Crippen LogP contribution in [-0.4, -0.2) is 32.1 Å². The molecule has 4 nitrogen and oxygen atoms in total. The molecule has 1 aliphatic rings. The zero-order valence-electron chi connectivity index (χ0n) is 13.1. The van der Waals surface area contributed by atoms with Gasteiger partial charge in [0.2, 0.25) is 5.91 Å². The fourth-order valence-electron chi connectivity index (χ4n) is 2.64. The molecule has 0 bridgehead atoms. The van der Waals surface area contributed by atoms with E-state index >= 15 is 0 Å². The number of carbonyl (C=O) groups is 1. The summed E-state index contributed by atoms with van der Waals surface area (Å²) in [6.45, 7) is 7.48. The lowest BCUT2D eigenvalue weighted by molar-refractivity contribution is -0.122. The normalized spacial score (nSPS) is 21.8. The van der Waals surface area contributed by atoms with Gasteiger partial charge < -0.3 is 15.4 Å². The topological polar surface area (TPSA) is 50.4 Å². The summed E-state index contributed by atoms with van der Waals surface area (Å²) in [6.07, 6.45) is 2.75. The lowest BCUT2D eigenvalue weighted by atomic mass is 9.83. The van der Waals surface area contributed by atoms with Crippen molar-refractivity contribution in [3.05, 3.63) is 29.8 Å². The Kier molecular flexibility index (Phi) is 5.62. The van der Waals surface area contributed by atoms with Crippen LogP contribution in [0.3, 0.4) is 0 Å². The van der Waals surface area contributed by atoms with Crippen LogP contribution in [0.15, 0.2) is 24.3 Å². The van der Waals surface area contributed by atoms with Crippen molar-refractivity contribution in [3.8, 4) is 5.75 Å². The molecule has 0 aromatic heterocycles. The molecule has 1 heterocycles. The minimum atomic E-state index is 0.0643. The zero-order valence-corrected chi connectivity index (χ0v) is 13.1. The standard InChI is InChI=1S/C17H26N2O2/c1-14-5-3-6-15(11-14)21-10-7-16(20)19-13-17(2)8-4-9-18-12-17/h3,5-6,11,18H,4,7-10,12-13H2,1-2H3,(H,19,20). The van der Waals surface area contributed by atoms with Crippen LogP contribution in [0.2, 0.25) is 0 Å². The monoisotopic (exact) mass is 290 g/mol. The maximum Gasteiger partial charge on any atom is 0.223 e. The second-order valence-corrected chi connectivity index (χ2v) is 6.28. The van der Waals surface area contributed by atoms with Gasteiger partial charge in [-0.3, -0.25) is 4.79 Å². The number of aryl methyl sites for hydroxylation is 1. The summed E-state index contributed by atoms with van der Waals surface area (Å²) in [5, 5.41) is 6.42. The van der Waals surface area contributed by atoms with Crippen LogP contribution in [0, 0.1) is 12.3 Å². The first-order valence-electron chi connectivity index (χ1n) is 7.74. The van der Waals surface area contributed by atoms with E-state index in [-0.39, 0.29) is 11.3 Å². The van der Waals surface area contributed by atoms with Crippen LogP contribution in [-0.2, 0) is 4.79 Å². The van der Waals surface area contributed by atoms with Gasteiger partial charge in [0.05, 0.1) is 13.0 Å². The van der Waals surface area contributed by atoms with Crippen LogP contribution >= 0.6 is 0 Å². The molecule has 21 heavy (non-hydrogen) atoms. The zero-order chi connectivity index (χ0) is 15.1. The van der Waals surface area contributed by atoms with E-state index in [0.717, 1.165) is 30.9 Å². The van der Waals surface area contributed by atoms with E-state index in [9.17, 15) is 4.79 Å². The van der Waals surface area contributed by atoms with Crippen molar-refractivity contribution in [1.82, 2.24) is 10.6 Å². The maximum atomic E-state index is 11.9. The van der Waals surface area contributed by atoms with Gasteiger partial charge in [0, 0.05) is 13.1 Å². The van der Waals surface area contributed by atoms with Gasteiger partial charge in [-0.15, -0.1) is 0 Å². The Labute approximate surface area is 127 Å². The summed E-state index contributed by atoms with van der Waals surface area (Å²) in [5.41, 5.74) is 1.35. The van der Waals surface area contributed by atoms with E-state index in [1.165, 1.54) is 12.8 Å². The Hall–Kier alpha value is -1.55. The van der Waals surface area contributed by atoms with Crippen molar-refractivity contribution in [2.24, 2.45) is 5.41 Å². The smallest absolute Gasteiger partial charge is 0.223 e. The Morgan fingerprint density at radius 2 is 2.33 bits per heavy atom. The van der Waals surface area contributed by atoms with E-state index in [1.807, 2.05) is 31.2 Å². The molecule has 1 saturated heterocycles. The summed E-state index contributed by atoms with van der Waals surface area (Å²) in [5.74, 6) is 0.890. The fraction of sp³-hybridized carbons (Fsp3) is 0.588. The second kappa shape index (κ2) is 7.46. The molecule has 1 atom stereocenters.